The molecule has 26 heavy (non-hydrogen) atoms. The molecule has 0 unspecified atom stereocenters. The van der Waals surface area contributed by atoms with Crippen molar-refractivity contribution in [3.8, 4) is 5.75 Å². The third-order valence-corrected chi connectivity index (χ3v) is 4.55. The monoisotopic (exact) mass is 349 g/mol. The van der Waals surface area contributed by atoms with Crippen LogP contribution in [0.15, 0.2) is 59.7 Å². The second-order valence-corrected chi connectivity index (χ2v) is 6.41. The van der Waals surface area contributed by atoms with Gasteiger partial charge in [-0.2, -0.15) is 0 Å². The van der Waals surface area contributed by atoms with Crippen molar-refractivity contribution in [1.82, 2.24) is 9.38 Å². The van der Waals surface area contributed by atoms with Gasteiger partial charge in [-0.1, -0.05) is 12.1 Å². The molecule has 0 spiro atoms. The van der Waals surface area contributed by atoms with E-state index in [0.717, 1.165) is 18.6 Å². The number of nitrogens with zero attached hydrogens (tertiary/aromatic N) is 2. The zero-order valence-electron chi connectivity index (χ0n) is 14.2. The summed E-state index contributed by atoms with van der Waals surface area (Å²) in [6.07, 6.45) is 7.67. The summed E-state index contributed by atoms with van der Waals surface area (Å²) < 4.78 is 7.31. The second kappa shape index (κ2) is 7.00. The number of carbonyl (C=O) groups excluding carboxylic acids is 1. The number of fused-ring (bicyclic) bond motifs is 1. The van der Waals surface area contributed by atoms with Gasteiger partial charge in [0.15, 0.2) is 0 Å². The summed E-state index contributed by atoms with van der Waals surface area (Å²) in [4.78, 5) is 29.2. The lowest BCUT2D eigenvalue weighted by Crippen LogP contribution is -2.26. The van der Waals surface area contributed by atoms with Crippen molar-refractivity contribution in [1.29, 1.82) is 0 Å². The van der Waals surface area contributed by atoms with Crippen LogP contribution in [0.2, 0.25) is 0 Å². The Morgan fingerprint density at radius 1 is 1.15 bits per heavy atom. The first-order valence-corrected chi connectivity index (χ1v) is 8.75. The van der Waals surface area contributed by atoms with Gasteiger partial charge in [-0.3, -0.25) is 14.0 Å². The Labute approximate surface area is 150 Å². The lowest BCUT2D eigenvalue weighted by Gasteiger charge is -2.14. The van der Waals surface area contributed by atoms with Crippen molar-refractivity contribution in [3.05, 3.63) is 70.8 Å². The van der Waals surface area contributed by atoms with Gasteiger partial charge < -0.3 is 10.1 Å². The van der Waals surface area contributed by atoms with Crippen molar-refractivity contribution in [2.75, 3.05) is 5.32 Å². The Hall–Kier alpha value is -3.15. The van der Waals surface area contributed by atoms with Gasteiger partial charge in [0.2, 0.25) is 0 Å². The standard InChI is InChI=1S/C20H19N3O3/c24-19(17-13-21-18-10-3-4-11-23(18)20(17)25)22-14-6-5-9-16(12-14)26-15-7-1-2-8-15/h3-6,9-13,15H,1-2,7-8H2,(H,22,24). The molecular formula is C20H19N3O3. The van der Waals surface area contributed by atoms with Crippen LogP contribution in [0.5, 0.6) is 5.75 Å². The predicted molar refractivity (Wildman–Crippen MR) is 98.7 cm³/mol. The molecule has 6 heteroatoms. The van der Waals surface area contributed by atoms with E-state index in [1.165, 1.54) is 23.4 Å². The molecule has 0 aliphatic heterocycles. The van der Waals surface area contributed by atoms with Crippen LogP contribution in [-0.4, -0.2) is 21.4 Å². The Morgan fingerprint density at radius 2 is 2.00 bits per heavy atom. The van der Waals surface area contributed by atoms with E-state index in [0.29, 0.717) is 11.3 Å². The van der Waals surface area contributed by atoms with Gasteiger partial charge in [-0.15, -0.1) is 0 Å². The first-order chi connectivity index (χ1) is 12.7. The molecule has 1 aliphatic rings. The molecule has 1 amide bonds. The van der Waals surface area contributed by atoms with Gasteiger partial charge >= 0.3 is 0 Å². The fourth-order valence-corrected chi connectivity index (χ4v) is 3.23. The normalized spacial score (nSPS) is 14.5. The predicted octanol–water partition coefficient (Wildman–Crippen LogP) is 3.27. The molecule has 132 valence electrons. The van der Waals surface area contributed by atoms with Gasteiger partial charge in [0.25, 0.3) is 11.5 Å². The maximum atomic E-state index is 12.5. The minimum Gasteiger partial charge on any atom is -0.490 e. The number of aromatic nitrogens is 2. The molecular weight excluding hydrogens is 330 g/mol. The maximum absolute atomic E-state index is 12.5. The van der Waals surface area contributed by atoms with Gasteiger partial charge in [-0.25, -0.2) is 4.98 Å². The molecule has 1 fully saturated rings. The number of anilines is 1. The summed E-state index contributed by atoms with van der Waals surface area (Å²) in [6, 6.07) is 12.5. The molecule has 1 saturated carbocycles. The van der Waals surface area contributed by atoms with Gasteiger partial charge in [0.05, 0.1) is 6.10 Å². The smallest absolute Gasteiger partial charge is 0.270 e. The Morgan fingerprint density at radius 3 is 2.85 bits per heavy atom. The number of hydrogen-bond donors (Lipinski definition) is 1. The van der Waals surface area contributed by atoms with Crippen LogP contribution in [0.4, 0.5) is 5.69 Å². The van der Waals surface area contributed by atoms with E-state index < -0.39 is 11.5 Å². The minimum absolute atomic E-state index is 0.00388. The number of hydrogen-bond acceptors (Lipinski definition) is 4. The first kappa shape index (κ1) is 16.3. The number of ether oxygens (including phenoxy) is 1. The summed E-state index contributed by atoms with van der Waals surface area (Å²) in [6.45, 7) is 0. The van der Waals surface area contributed by atoms with E-state index >= 15 is 0 Å². The summed E-state index contributed by atoms with van der Waals surface area (Å²) in [5.41, 5.74) is 0.686. The quantitative estimate of drug-likeness (QED) is 0.785. The highest BCUT2D eigenvalue weighted by molar-refractivity contribution is 6.04. The van der Waals surface area contributed by atoms with Gasteiger partial charge in [0, 0.05) is 24.1 Å². The lowest BCUT2D eigenvalue weighted by atomic mass is 10.2. The fraction of sp³-hybridized carbons (Fsp3) is 0.250. The van der Waals surface area contributed by atoms with Crippen LogP contribution < -0.4 is 15.6 Å². The van der Waals surface area contributed by atoms with Crippen molar-refractivity contribution in [2.45, 2.75) is 31.8 Å². The molecule has 0 bridgehead atoms. The molecule has 2 heterocycles. The zero-order valence-corrected chi connectivity index (χ0v) is 14.2. The van der Waals surface area contributed by atoms with Crippen LogP contribution in [0.3, 0.4) is 0 Å². The second-order valence-electron chi connectivity index (χ2n) is 6.41. The Kier molecular flexibility index (Phi) is 4.39. The summed E-state index contributed by atoms with van der Waals surface area (Å²) in [5.74, 6) is 0.238. The van der Waals surface area contributed by atoms with Crippen molar-refractivity contribution < 1.29 is 9.53 Å². The highest BCUT2D eigenvalue weighted by Crippen LogP contribution is 2.25. The average Bonchev–Trinajstić information content (AvgIpc) is 3.15. The van der Waals surface area contributed by atoms with E-state index in [1.54, 1.807) is 36.5 Å². The van der Waals surface area contributed by atoms with Crippen molar-refractivity contribution in [3.63, 3.8) is 0 Å². The molecule has 6 nitrogen and oxygen atoms in total. The van der Waals surface area contributed by atoms with Crippen LogP contribution in [0.25, 0.3) is 5.65 Å². The van der Waals surface area contributed by atoms with E-state index in [9.17, 15) is 9.59 Å². The number of carbonyl (C=O) groups is 1. The van der Waals surface area contributed by atoms with E-state index in [1.807, 2.05) is 12.1 Å². The highest BCUT2D eigenvalue weighted by atomic mass is 16.5. The Bertz CT molecular complexity index is 1010. The van der Waals surface area contributed by atoms with Crippen LogP contribution in [0, 0.1) is 0 Å². The molecule has 0 saturated heterocycles. The van der Waals surface area contributed by atoms with Gasteiger partial charge in [0.1, 0.15) is 17.0 Å². The molecule has 0 radical (unpaired) electrons. The Balaban J connectivity index is 1.55. The average molecular weight is 349 g/mol. The lowest BCUT2D eigenvalue weighted by molar-refractivity contribution is 0.102. The maximum Gasteiger partial charge on any atom is 0.270 e. The number of nitrogens with one attached hydrogen (secondary N) is 1. The SMILES string of the molecule is O=C(Nc1cccc(OC2CCCC2)c1)c1cnc2ccccn2c1=O. The fourth-order valence-electron chi connectivity index (χ4n) is 3.23. The van der Waals surface area contributed by atoms with E-state index in [-0.39, 0.29) is 11.7 Å². The van der Waals surface area contributed by atoms with Gasteiger partial charge in [-0.05, 0) is 49.9 Å². The van der Waals surface area contributed by atoms with Crippen LogP contribution in [-0.2, 0) is 0 Å². The zero-order chi connectivity index (χ0) is 17.9. The van der Waals surface area contributed by atoms with Crippen LogP contribution in [0.1, 0.15) is 36.0 Å². The summed E-state index contributed by atoms with van der Waals surface area (Å²) in [7, 11) is 0. The third kappa shape index (κ3) is 3.31. The largest absolute Gasteiger partial charge is 0.490 e. The number of amides is 1. The molecule has 0 atom stereocenters. The highest BCUT2D eigenvalue weighted by Gasteiger charge is 2.17. The number of benzene rings is 1. The topological polar surface area (TPSA) is 72.7 Å². The van der Waals surface area contributed by atoms with Crippen molar-refractivity contribution >= 4 is 17.2 Å². The van der Waals surface area contributed by atoms with Crippen molar-refractivity contribution in [2.24, 2.45) is 0 Å². The molecule has 1 aliphatic carbocycles. The molecule has 3 aromatic rings. The van der Waals surface area contributed by atoms with Crippen LogP contribution >= 0.6 is 0 Å². The molecule has 4 rings (SSSR count). The van der Waals surface area contributed by atoms with E-state index in [4.69, 9.17) is 4.74 Å². The molecule has 1 N–H and O–H groups in total. The number of rotatable bonds is 4. The number of pyridine rings is 1. The summed E-state index contributed by atoms with van der Waals surface area (Å²) >= 11 is 0. The minimum atomic E-state index is -0.487. The molecule has 2 aromatic heterocycles. The summed E-state index contributed by atoms with van der Waals surface area (Å²) in [5, 5.41) is 2.76. The van der Waals surface area contributed by atoms with E-state index in [2.05, 4.69) is 10.3 Å². The first-order valence-electron chi connectivity index (χ1n) is 8.75. The molecule has 1 aromatic carbocycles. The third-order valence-electron chi connectivity index (χ3n) is 4.55.